The van der Waals surface area contributed by atoms with Gasteiger partial charge >= 0.3 is 36.6 Å². The van der Waals surface area contributed by atoms with Gasteiger partial charge in [-0.3, -0.25) is 24.1 Å². The highest BCUT2D eigenvalue weighted by molar-refractivity contribution is 6.17. The minimum absolute atomic E-state index is 0.00580. The molecule has 0 bridgehead atoms. The Bertz CT molecular complexity index is 3130. The number of benzene rings is 5. The molecule has 0 fully saturated rings. The molecule has 0 radical (unpaired) electrons. The van der Waals surface area contributed by atoms with Gasteiger partial charge in [-0.05, 0) is 174 Å². The van der Waals surface area contributed by atoms with E-state index in [9.17, 15) is 68.6 Å². The number of nitrogens with one attached hydrogen (secondary N) is 1. The maximum Gasteiger partial charge on any atom is 0.416 e. The molecule has 5 aromatic rings. The number of hydrogen-bond acceptors (Lipinski definition) is 11. The number of halogens is 10. The summed E-state index contributed by atoms with van der Waals surface area (Å²) in [5, 5.41) is 29.8. The van der Waals surface area contributed by atoms with Crippen molar-refractivity contribution in [2.75, 3.05) is 49.1 Å². The number of nitrogens with zero attached hydrogens (tertiary/aromatic N) is 3. The van der Waals surface area contributed by atoms with Gasteiger partial charge in [0.1, 0.15) is 35.9 Å². The Morgan fingerprint density at radius 3 is 1.56 bits per heavy atom. The summed E-state index contributed by atoms with van der Waals surface area (Å²) in [6.07, 6.45) is -12.4. The molecule has 0 saturated heterocycles. The van der Waals surface area contributed by atoms with Crippen LogP contribution in [-0.2, 0) is 79.1 Å². The SMILES string of the molecule is CC(C)(C)OC(=O)CCN(CC(=O)N1CCc2cc(O)ccc21)C(=O)OC(C)(C)C.Cc1cc(CCl)ccc1C(F)(F)F.Cc1cc(CO)ccc1C(F)(F)F.Cc1cc(COc2ccc3c(c2)CCN3C(=O)CNCCC(=O)O)ccc1C(F)(F)F. The number of anilines is 2. The molecule has 0 saturated carbocycles. The zero-order valence-corrected chi connectivity index (χ0v) is 50.3. The first kappa shape index (κ1) is 71.9. The fourth-order valence-corrected chi connectivity index (χ4v) is 9.02. The summed E-state index contributed by atoms with van der Waals surface area (Å²) in [4.78, 5) is 65.0. The van der Waals surface area contributed by atoms with Crippen molar-refractivity contribution in [3.05, 3.63) is 152 Å². The Labute approximate surface area is 503 Å². The monoisotopic (exact) mass is 1250 g/mol. The molecule has 476 valence electrons. The average Bonchev–Trinajstić information content (AvgIpc) is 2.04. The number of esters is 1. The van der Waals surface area contributed by atoms with Gasteiger partial charge in [0.25, 0.3) is 0 Å². The van der Waals surface area contributed by atoms with Crippen LogP contribution in [0.25, 0.3) is 0 Å². The molecule has 15 nitrogen and oxygen atoms in total. The molecule has 7 rings (SSSR count). The fourth-order valence-electron chi connectivity index (χ4n) is 8.86. The van der Waals surface area contributed by atoms with E-state index in [-0.39, 0.29) is 92.4 Å². The summed E-state index contributed by atoms with van der Waals surface area (Å²) in [6, 6.07) is 21.6. The minimum atomic E-state index is -4.38. The quantitative estimate of drug-likeness (QED) is 0.0336. The van der Waals surface area contributed by atoms with Crippen LogP contribution in [0.15, 0.2) is 91.0 Å². The summed E-state index contributed by atoms with van der Waals surface area (Å²) in [5.74, 6) is -0.844. The number of carbonyl (C=O) groups is 5. The van der Waals surface area contributed by atoms with Crippen LogP contribution in [0, 0.1) is 20.8 Å². The molecular weight excluding hydrogens is 1180 g/mol. The van der Waals surface area contributed by atoms with E-state index in [2.05, 4.69) is 5.32 Å². The highest BCUT2D eigenvalue weighted by Gasteiger charge is 2.35. The number of phenols is 1. The largest absolute Gasteiger partial charge is 0.508 e. The number of carboxylic acids is 1. The molecule has 2 aliphatic rings. The zero-order valence-electron chi connectivity index (χ0n) is 49.6. The number of amides is 3. The lowest BCUT2D eigenvalue weighted by Crippen LogP contribution is -2.45. The molecule has 0 spiro atoms. The van der Waals surface area contributed by atoms with Gasteiger partial charge in [0.15, 0.2) is 0 Å². The third kappa shape index (κ3) is 23.2. The minimum Gasteiger partial charge on any atom is -0.508 e. The second-order valence-electron chi connectivity index (χ2n) is 22.3. The topological polar surface area (TPSA) is 195 Å². The third-order valence-corrected chi connectivity index (χ3v) is 13.1. The van der Waals surface area contributed by atoms with Crippen LogP contribution >= 0.6 is 11.6 Å². The smallest absolute Gasteiger partial charge is 0.416 e. The van der Waals surface area contributed by atoms with Crippen molar-refractivity contribution < 1.29 is 93.0 Å². The Morgan fingerprint density at radius 2 is 1.08 bits per heavy atom. The standard InChI is InChI=1S/C22H23F3N2O4.C22H32N2O6.C9H8ClF3.C9H9F3O/c1-14-10-15(2-4-18(14)22(23,24)25)13-31-17-3-5-19-16(11-17)7-9-27(19)20(28)12-26-8-6-21(29)30;1-21(2,3)29-19(27)10-11-23(20(28)30-22(4,5)6)14-18(26)24-12-9-15-13-16(25)7-8-17(15)24;1-6-4-7(5-10)2-3-8(6)9(11,12)13;1-6-4-7(5-13)2-3-8(6)9(10,11)12/h2-5,10-11,26H,6-9,12-13H2,1H3,(H,29,30);7-8,13,25H,9-12,14H2,1-6H3;2-4H,5H2,1H3;2-4,13H,5H2,1H3. The first-order valence-corrected chi connectivity index (χ1v) is 27.8. The van der Waals surface area contributed by atoms with E-state index in [4.69, 9.17) is 36.0 Å². The number of carboxylic acid groups (broad SMARTS) is 1. The Kier molecular flexibility index (Phi) is 25.5. The molecule has 0 aromatic heterocycles. The van der Waals surface area contributed by atoms with Crippen LogP contribution < -0.4 is 19.9 Å². The number of alkyl halides is 10. The van der Waals surface area contributed by atoms with E-state index in [1.165, 1.54) is 68.1 Å². The van der Waals surface area contributed by atoms with Gasteiger partial charge in [-0.2, -0.15) is 39.5 Å². The predicted octanol–water partition coefficient (Wildman–Crippen LogP) is 13.1. The first-order valence-electron chi connectivity index (χ1n) is 27.3. The normalized spacial score (nSPS) is 12.9. The predicted molar refractivity (Wildman–Crippen MR) is 308 cm³/mol. The molecule has 25 heteroatoms. The van der Waals surface area contributed by atoms with E-state index in [1.807, 2.05) is 6.07 Å². The molecule has 2 heterocycles. The van der Waals surface area contributed by atoms with Crippen LogP contribution in [0.1, 0.15) is 116 Å². The molecule has 3 amide bonds. The van der Waals surface area contributed by atoms with E-state index in [0.29, 0.717) is 54.1 Å². The molecular formula is C62H72ClF9N4O11. The molecule has 2 aliphatic heterocycles. The summed E-state index contributed by atoms with van der Waals surface area (Å²) in [5.41, 5.74) is 2.38. The van der Waals surface area contributed by atoms with Crippen LogP contribution in [-0.4, -0.2) is 101 Å². The van der Waals surface area contributed by atoms with E-state index in [1.54, 1.807) is 75.6 Å². The maximum atomic E-state index is 12.9. The van der Waals surface area contributed by atoms with Crippen molar-refractivity contribution in [2.24, 2.45) is 0 Å². The van der Waals surface area contributed by atoms with Crippen molar-refractivity contribution in [1.82, 2.24) is 10.2 Å². The molecule has 0 unspecified atom stereocenters. The second-order valence-corrected chi connectivity index (χ2v) is 22.5. The summed E-state index contributed by atoms with van der Waals surface area (Å²) in [6.45, 7) is 15.7. The number of carbonyl (C=O) groups excluding carboxylic acids is 4. The Hall–Kier alpha value is -7.57. The van der Waals surface area contributed by atoms with Gasteiger partial charge in [0, 0.05) is 43.4 Å². The van der Waals surface area contributed by atoms with Gasteiger partial charge in [-0.15, -0.1) is 11.6 Å². The Balaban J connectivity index is 0.000000267. The number of phenolic OH excluding ortho intramolecular Hbond substituents is 1. The van der Waals surface area contributed by atoms with Crippen LogP contribution in [0.2, 0.25) is 0 Å². The number of aliphatic carboxylic acids is 1. The van der Waals surface area contributed by atoms with Crippen molar-refractivity contribution in [1.29, 1.82) is 0 Å². The summed E-state index contributed by atoms with van der Waals surface area (Å²) < 4.78 is 129. The van der Waals surface area contributed by atoms with Gasteiger partial charge in [-0.25, -0.2) is 4.79 Å². The lowest BCUT2D eigenvalue weighted by Gasteiger charge is -2.29. The van der Waals surface area contributed by atoms with E-state index in [0.717, 1.165) is 35.0 Å². The highest BCUT2D eigenvalue weighted by Crippen LogP contribution is 2.36. The van der Waals surface area contributed by atoms with E-state index < -0.39 is 64.5 Å². The van der Waals surface area contributed by atoms with Crippen LogP contribution in [0.3, 0.4) is 0 Å². The highest BCUT2D eigenvalue weighted by atomic mass is 35.5. The fraction of sp³-hybridized carbons (Fsp3) is 0.435. The number of ether oxygens (including phenoxy) is 3. The molecule has 4 N–H and O–H groups in total. The number of aliphatic hydroxyl groups is 1. The molecule has 0 atom stereocenters. The van der Waals surface area contributed by atoms with Gasteiger partial charge in [-0.1, -0.05) is 36.4 Å². The number of rotatable bonds is 15. The average molecular weight is 1260 g/mol. The van der Waals surface area contributed by atoms with Crippen molar-refractivity contribution in [2.45, 2.75) is 137 Å². The number of aryl methyl sites for hydroxylation is 3. The van der Waals surface area contributed by atoms with Crippen molar-refractivity contribution >= 4 is 52.8 Å². The lowest BCUT2D eigenvalue weighted by molar-refractivity contribution is -0.155. The Morgan fingerprint density at radius 1 is 0.609 bits per heavy atom. The number of hydrogen-bond donors (Lipinski definition) is 4. The van der Waals surface area contributed by atoms with Crippen molar-refractivity contribution in [3.8, 4) is 11.5 Å². The van der Waals surface area contributed by atoms with E-state index >= 15 is 0 Å². The third-order valence-electron chi connectivity index (χ3n) is 12.8. The second kappa shape index (κ2) is 30.9. The number of fused-ring (bicyclic) bond motifs is 2. The van der Waals surface area contributed by atoms with Crippen LogP contribution in [0.4, 0.5) is 55.7 Å². The molecule has 0 aliphatic carbocycles. The van der Waals surface area contributed by atoms with Gasteiger partial charge in [0.2, 0.25) is 11.8 Å². The first-order chi connectivity index (χ1) is 40.3. The lowest BCUT2D eigenvalue weighted by atomic mass is 10.1. The number of aromatic hydroxyl groups is 1. The van der Waals surface area contributed by atoms with Gasteiger partial charge < -0.3 is 44.6 Å². The summed E-state index contributed by atoms with van der Waals surface area (Å²) >= 11 is 5.48. The van der Waals surface area contributed by atoms with Gasteiger partial charge in [0.05, 0.1) is 42.7 Å². The maximum absolute atomic E-state index is 12.9. The number of aliphatic hydroxyl groups excluding tert-OH is 1. The zero-order chi connectivity index (χ0) is 65.4. The van der Waals surface area contributed by atoms with Crippen LogP contribution in [0.5, 0.6) is 11.5 Å². The molecule has 87 heavy (non-hydrogen) atoms. The summed E-state index contributed by atoms with van der Waals surface area (Å²) in [7, 11) is 0. The van der Waals surface area contributed by atoms with Crippen molar-refractivity contribution in [3.63, 3.8) is 0 Å². The molecule has 5 aromatic carbocycles.